The van der Waals surface area contributed by atoms with Gasteiger partial charge in [-0.1, -0.05) is 13.0 Å². The highest BCUT2D eigenvalue weighted by Crippen LogP contribution is 2.32. The first-order chi connectivity index (χ1) is 8.73. The number of carbonyl (C=O) groups is 1. The van der Waals surface area contributed by atoms with Gasteiger partial charge in [0, 0.05) is 0 Å². The molecule has 0 aliphatic rings. The summed E-state index contributed by atoms with van der Waals surface area (Å²) in [7, 11) is -3.36. The van der Waals surface area contributed by atoms with Crippen molar-refractivity contribution in [3.05, 3.63) is 28.8 Å². The molecule has 0 saturated carbocycles. The molecule has 1 rings (SSSR count). The lowest BCUT2D eigenvalue weighted by Crippen LogP contribution is -2.20. The molecule has 0 atom stereocenters. The van der Waals surface area contributed by atoms with Gasteiger partial charge in [0.2, 0.25) is 10.0 Å². The van der Waals surface area contributed by atoms with Crippen LogP contribution in [0.15, 0.2) is 17.0 Å². The molecule has 0 saturated heterocycles. The molecule has 0 amide bonds. The first kappa shape index (κ1) is 15.5. The molecule has 1 aromatic rings. The van der Waals surface area contributed by atoms with Crippen LogP contribution in [0, 0.1) is 0 Å². The van der Waals surface area contributed by atoms with E-state index in [-0.39, 0.29) is 12.0 Å². The van der Waals surface area contributed by atoms with Gasteiger partial charge in [-0.3, -0.25) is 0 Å². The van der Waals surface area contributed by atoms with Gasteiger partial charge in [-0.25, -0.2) is 27.1 Å². The molecule has 0 aromatic heterocycles. The Morgan fingerprint density at radius 2 is 2.00 bits per heavy atom. The zero-order valence-electron chi connectivity index (χ0n) is 10.3. The minimum absolute atomic E-state index is 0.130. The van der Waals surface area contributed by atoms with E-state index in [0.29, 0.717) is 0 Å². The average molecular weight is 293 g/mol. The maximum Gasteiger partial charge on any atom is 0.338 e. The highest BCUT2D eigenvalue weighted by molar-refractivity contribution is 7.89. The number of primary sulfonamides is 1. The number of hydrogen-bond acceptors (Lipinski definition) is 4. The van der Waals surface area contributed by atoms with Crippen molar-refractivity contribution in [2.45, 2.75) is 24.7 Å². The maximum absolute atomic E-state index is 13.1. The van der Waals surface area contributed by atoms with E-state index in [0.717, 1.165) is 13.2 Å². The number of hydrogen-bond donors (Lipinski definition) is 1. The summed E-state index contributed by atoms with van der Waals surface area (Å²) in [6.45, 7) is 1.59. The number of esters is 1. The minimum atomic E-state index is -4.37. The molecule has 0 aliphatic heterocycles. The van der Waals surface area contributed by atoms with E-state index in [1.54, 1.807) is 6.92 Å². The molecule has 0 spiro atoms. The normalized spacial score (nSPS) is 11.7. The van der Waals surface area contributed by atoms with E-state index in [9.17, 15) is 22.0 Å². The molecule has 5 nitrogen and oxygen atoms in total. The highest BCUT2D eigenvalue weighted by atomic mass is 32.2. The fraction of sp³-hybridized carbons (Fsp3) is 0.364. The number of ether oxygens (including phenoxy) is 1. The molecule has 0 fully saturated rings. The molecule has 0 aliphatic carbocycles. The molecule has 106 valence electrons. The molecule has 0 heterocycles. The number of rotatable bonds is 4. The zero-order valence-corrected chi connectivity index (χ0v) is 11.1. The SMILES string of the molecule is CCc1ccc(C(=O)OC)c(C(F)F)c1S(N)(=O)=O. The second-order valence-corrected chi connectivity index (χ2v) is 5.20. The fourth-order valence-electron chi connectivity index (χ4n) is 1.76. The lowest BCUT2D eigenvalue weighted by Gasteiger charge is -2.15. The van der Waals surface area contributed by atoms with Crippen molar-refractivity contribution in [1.82, 2.24) is 0 Å². The van der Waals surface area contributed by atoms with Crippen LogP contribution in [0.3, 0.4) is 0 Å². The number of sulfonamides is 1. The van der Waals surface area contributed by atoms with Crippen LogP contribution < -0.4 is 5.14 Å². The summed E-state index contributed by atoms with van der Waals surface area (Å²) in [5.41, 5.74) is -1.28. The number of alkyl halides is 2. The first-order valence-electron chi connectivity index (χ1n) is 5.29. The number of benzene rings is 1. The molecule has 8 heteroatoms. The Bertz CT molecular complexity index is 599. The summed E-state index contributed by atoms with van der Waals surface area (Å²) < 4.78 is 53.6. The molecule has 0 bridgehead atoms. The Labute approximate surface area is 109 Å². The van der Waals surface area contributed by atoms with E-state index in [1.165, 1.54) is 6.07 Å². The Morgan fingerprint density at radius 1 is 1.42 bits per heavy atom. The van der Waals surface area contributed by atoms with Gasteiger partial charge in [0.05, 0.1) is 23.1 Å². The fourth-order valence-corrected chi connectivity index (χ4v) is 2.85. The quantitative estimate of drug-likeness (QED) is 0.855. The lowest BCUT2D eigenvalue weighted by atomic mass is 10.0. The van der Waals surface area contributed by atoms with Gasteiger partial charge in [0.15, 0.2) is 0 Å². The molecular weight excluding hydrogens is 280 g/mol. The third kappa shape index (κ3) is 3.07. The van der Waals surface area contributed by atoms with Crippen LogP contribution in [0.5, 0.6) is 0 Å². The predicted octanol–water partition coefficient (Wildman–Crippen LogP) is 1.62. The lowest BCUT2D eigenvalue weighted by molar-refractivity contribution is 0.0588. The Morgan fingerprint density at radius 3 is 2.37 bits per heavy atom. The summed E-state index contributed by atoms with van der Waals surface area (Å²) in [5, 5.41) is 4.97. The Kier molecular flexibility index (Phi) is 4.59. The predicted molar refractivity (Wildman–Crippen MR) is 63.5 cm³/mol. The summed E-state index contributed by atoms with van der Waals surface area (Å²) >= 11 is 0. The van der Waals surface area contributed by atoms with E-state index in [1.807, 2.05) is 0 Å². The third-order valence-electron chi connectivity index (χ3n) is 2.57. The van der Waals surface area contributed by atoms with Gasteiger partial charge in [0.1, 0.15) is 0 Å². The Hall–Kier alpha value is -1.54. The minimum Gasteiger partial charge on any atom is -0.465 e. The van der Waals surface area contributed by atoms with Crippen molar-refractivity contribution in [3.63, 3.8) is 0 Å². The zero-order chi connectivity index (χ0) is 14.8. The summed E-state index contributed by atoms with van der Waals surface area (Å²) in [6, 6.07) is 2.39. The van der Waals surface area contributed by atoms with E-state index in [2.05, 4.69) is 4.74 Å². The number of aryl methyl sites for hydroxylation is 1. The van der Waals surface area contributed by atoms with Gasteiger partial charge < -0.3 is 4.74 Å². The molecular formula is C11H13F2NO4S. The third-order valence-corrected chi connectivity index (χ3v) is 3.62. The summed E-state index contributed by atoms with van der Waals surface area (Å²) in [4.78, 5) is 10.7. The van der Waals surface area contributed by atoms with Crippen molar-refractivity contribution in [2.75, 3.05) is 7.11 Å². The topological polar surface area (TPSA) is 86.5 Å². The monoisotopic (exact) mass is 293 g/mol. The van der Waals surface area contributed by atoms with Gasteiger partial charge >= 0.3 is 5.97 Å². The first-order valence-corrected chi connectivity index (χ1v) is 6.83. The molecule has 1 aromatic carbocycles. The number of methoxy groups -OCH3 is 1. The Balaban J connectivity index is 3.79. The van der Waals surface area contributed by atoms with Gasteiger partial charge in [-0.2, -0.15) is 0 Å². The number of nitrogens with two attached hydrogens (primary N) is 1. The van der Waals surface area contributed by atoms with Crippen molar-refractivity contribution in [2.24, 2.45) is 5.14 Å². The second-order valence-electron chi connectivity index (χ2n) is 3.71. The van der Waals surface area contributed by atoms with Crippen LogP contribution >= 0.6 is 0 Å². The molecule has 0 unspecified atom stereocenters. The van der Waals surface area contributed by atoms with E-state index < -0.39 is 38.4 Å². The van der Waals surface area contributed by atoms with Gasteiger partial charge in [-0.15, -0.1) is 0 Å². The number of halogens is 2. The van der Waals surface area contributed by atoms with Crippen molar-refractivity contribution in [3.8, 4) is 0 Å². The maximum atomic E-state index is 13.1. The number of carbonyl (C=O) groups excluding carboxylic acids is 1. The van der Waals surface area contributed by atoms with Crippen LogP contribution in [0.4, 0.5) is 8.78 Å². The standard InChI is InChI=1S/C11H13F2NO4S/c1-3-6-4-5-7(11(15)18-2)8(10(12)13)9(6)19(14,16)17/h4-5,10H,3H2,1-2H3,(H2,14,16,17). The van der Waals surface area contributed by atoms with Crippen LogP contribution in [-0.2, 0) is 21.2 Å². The second kappa shape index (κ2) is 5.62. The van der Waals surface area contributed by atoms with Crippen LogP contribution in [0.2, 0.25) is 0 Å². The van der Waals surface area contributed by atoms with Crippen molar-refractivity contribution >= 4 is 16.0 Å². The molecule has 2 N–H and O–H groups in total. The highest BCUT2D eigenvalue weighted by Gasteiger charge is 2.29. The summed E-state index contributed by atoms with van der Waals surface area (Å²) in [5.74, 6) is -1.04. The van der Waals surface area contributed by atoms with Gasteiger partial charge in [0.25, 0.3) is 6.43 Å². The average Bonchev–Trinajstić information content (AvgIpc) is 2.34. The van der Waals surface area contributed by atoms with Crippen LogP contribution in [0.1, 0.15) is 34.8 Å². The largest absolute Gasteiger partial charge is 0.465 e. The van der Waals surface area contributed by atoms with E-state index >= 15 is 0 Å². The van der Waals surface area contributed by atoms with Crippen molar-refractivity contribution < 1.29 is 26.7 Å². The molecule has 19 heavy (non-hydrogen) atoms. The summed E-state index contributed by atoms with van der Waals surface area (Å²) in [6.07, 6.45) is -2.97. The molecule has 0 radical (unpaired) electrons. The van der Waals surface area contributed by atoms with Gasteiger partial charge in [-0.05, 0) is 18.1 Å². The van der Waals surface area contributed by atoms with Crippen LogP contribution in [0.25, 0.3) is 0 Å². The van der Waals surface area contributed by atoms with Crippen molar-refractivity contribution in [1.29, 1.82) is 0 Å². The smallest absolute Gasteiger partial charge is 0.338 e. The van der Waals surface area contributed by atoms with Crippen LogP contribution in [-0.4, -0.2) is 21.5 Å². The van der Waals surface area contributed by atoms with E-state index in [4.69, 9.17) is 5.14 Å².